The van der Waals surface area contributed by atoms with Crippen LogP contribution in [0.25, 0.3) is 11.0 Å². The maximum Gasteiger partial charge on any atom is 0.157 e. The van der Waals surface area contributed by atoms with E-state index in [2.05, 4.69) is 9.97 Å². The van der Waals surface area contributed by atoms with Gasteiger partial charge in [0.25, 0.3) is 0 Å². The molecule has 2 N–H and O–H groups in total. The summed E-state index contributed by atoms with van der Waals surface area (Å²) in [5, 5.41) is 0.397. The Morgan fingerprint density at radius 1 is 0.950 bits per heavy atom. The van der Waals surface area contributed by atoms with E-state index in [1.807, 2.05) is 12.1 Å². The Hall–Kier alpha value is -2.21. The van der Waals surface area contributed by atoms with Gasteiger partial charge in [-0.15, -0.1) is 0 Å². The van der Waals surface area contributed by atoms with Crippen LogP contribution in [0.15, 0.2) is 52.4 Å². The number of aromatic nitrogens is 2. The summed E-state index contributed by atoms with van der Waals surface area (Å²) in [5.41, 5.74) is 7.17. The zero-order valence-corrected chi connectivity index (χ0v) is 11.0. The summed E-state index contributed by atoms with van der Waals surface area (Å²) in [5.74, 6) is -1.05. The van der Waals surface area contributed by atoms with E-state index in [1.165, 1.54) is 12.1 Å². The third-order valence-electron chi connectivity index (χ3n) is 2.66. The summed E-state index contributed by atoms with van der Waals surface area (Å²) in [7, 11) is 0. The summed E-state index contributed by atoms with van der Waals surface area (Å²) in [6, 6.07) is 10.6. The number of halogens is 2. The van der Waals surface area contributed by atoms with Crippen molar-refractivity contribution in [3.63, 3.8) is 0 Å². The van der Waals surface area contributed by atoms with Crippen molar-refractivity contribution in [3.05, 3.63) is 54.1 Å². The van der Waals surface area contributed by atoms with Gasteiger partial charge in [0.2, 0.25) is 0 Å². The minimum Gasteiger partial charge on any atom is -0.381 e. The van der Waals surface area contributed by atoms with Crippen LogP contribution in [-0.4, -0.2) is 9.97 Å². The monoisotopic (exact) mass is 289 g/mol. The molecule has 0 unspecified atom stereocenters. The highest BCUT2D eigenvalue weighted by molar-refractivity contribution is 7.99. The molecule has 0 aliphatic heterocycles. The van der Waals surface area contributed by atoms with Crippen LogP contribution in [0.1, 0.15) is 0 Å². The summed E-state index contributed by atoms with van der Waals surface area (Å²) >= 11 is 1.02. The van der Waals surface area contributed by atoms with Gasteiger partial charge in [0.05, 0.1) is 11.0 Å². The Kier molecular flexibility index (Phi) is 3.23. The van der Waals surface area contributed by atoms with Crippen LogP contribution in [0.2, 0.25) is 0 Å². The van der Waals surface area contributed by atoms with E-state index in [9.17, 15) is 8.78 Å². The molecular weight excluding hydrogens is 280 g/mol. The van der Waals surface area contributed by atoms with Crippen LogP contribution in [0.3, 0.4) is 0 Å². The molecule has 0 aliphatic rings. The van der Waals surface area contributed by atoms with Crippen molar-refractivity contribution < 1.29 is 8.78 Å². The Morgan fingerprint density at radius 3 is 2.35 bits per heavy atom. The van der Waals surface area contributed by atoms with Crippen LogP contribution in [-0.2, 0) is 0 Å². The zero-order chi connectivity index (χ0) is 14.1. The van der Waals surface area contributed by atoms with Crippen molar-refractivity contribution in [1.29, 1.82) is 0 Å². The van der Waals surface area contributed by atoms with Crippen LogP contribution in [0.4, 0.5) is 14.6 Å². The first-order chi connectivity index (χ1) is 9.63. The topological polar surface area (TPSA) is 51.8 Å². The standard InChI is InChI=1S/C14H9F2N3S/c15-8-5-6-12(9(16)7-8)20-14-13(17)18-10-3-1-2-4-11(10)19-14/h1-7H,(H2,17,18). The summed E-state index contributed by atoms with van der Waals surface area (Å²) in [6.07, 6.45) is 0. The molecule has 0 radical (unpaired) electrons. The third-order valence-corrected chi connectivity index (χ3v) is 3.71. The maximum atomic E-state index is 13.6. The average Bonchev–Trinajstić information content (AvgIpc) is 2.42. The molecule has 0 saturated heterocycles. The lowest BCUT2D eigenvalue weighted by Crippen LogP contribution is -1.97. The quantitative estimate of drug-likeness (QED) is 0.782. The number of benzene rings is 2. The first kappa shape index (κ1) is 12.8. The fourth-order valence-electron chi connectivity index (χ4n) is 1.73. The van der Waals surface area contributed by atoms with Gasteiger partial charge in [0.15, 0.2) is 5.82 Å². The number of para-hydroxylation sites is 2. The van der Waals surface area contributed by atoms with Crippen molar-refractivity contribution in [2.24, 2.45) is 0 Å². The Balaban J connectivity index is 2.03. The molecule has 100 valence electrons. The number of nitrogens with two attached hydrogens (primary N) is 1. The summed E-state index contributed by atoms with van der Waals surface area (Å²) in [4.78, 5) is 8.82. The zero-order valence-electron chi connectivity index (χ0n) is 10.2. The van der Waals surface area contributed by atoms with Gasteiger partial charge in [0, 0.05) is 11.0 Å². The van der Waals surface area contributed by atoms with Crippen LogP contribution < -0.4 is 5.73 Å². The van der Waals surface area contributed by atoms with Gasteiger partial charge in [-0.3, -0.25) is 0 Å². The van der Waals surface area contributed by atoms with Gasteiger partial charge in [0.1, 0.15) is 16.7 Å². The SMILES string of the molecule is Nc1nc2ccccc2nc1Sc1ccc(F)cc1F. The predicted octanol–water partition coefficient (Wildman–Crippen LogP) is 3.64. The number of anilines is 1. The number of nitrogens with zero attached hydrogens (tertiary/aromatic N) is 2. The highest BCUT2D eigenvalue weighted by Gasteiger charge is 2.11. The van der Waals surface area contributed by atoms with E-state index in [0.717, 1.165) is 17.8 Å². The minimum absolute atomic E-state index is 0.220. The fraction of sp³-hybridized carbons (Fsp3) is 0. The van der Waals surface area contributed by atoms with E-state index in [1.54, 1.807) is 12.1 Å². The van der Waals surface area contributed by atoms with Crippen molar-refractivity contribution in [2.45, 2.75) is 9.92 Å². The summed E-state index contributed by atoms with van der Waals surface area (Å²) < 4.78 is 26.5. The molecule has 0 bridgehead atoms. The van der Waals surface area contributed by atoms with Gasteiger partial charge >= 0.3 is 0 Å². The van der Waals surface area contributed by atoms with Crippen LogP contribution >= 0.6 is 11.8 Å². The molecule has 0 atom stereocenters. The average molecular weight is 289 g/mol. The number of fused-ring (bicyclic) bond motifs is 1. The number of hydrogen-bond donors (Lipinski definition) is 1. The van der Waals surface area contributed by atoms with E-state index < -0.39 is 11.6 Å². The van der Waals surface area contributed by atoms with E-state index in [4.69, 9.17) is 5.73 Å². The van der Waals surface area contributed by atoms with Gasteiger partial charge < -0.3 is 5.73 Å². The lowest BCUT2D eigenvalue weighted by Gasteiger charge is -2.06. The van der Waals surface area contributed by atoms with Crippen LogP contribution in [0.5, 0.6) is 0 Å². The van der Waals surface area contributed by atoms with Crippen LogP contribution in [0, 0.1) is 11.6 Å². The molecule has 3 aromatic rings. The number of nitrogen functional groups attached to an aromatic ring is 1. The molecule has 0 amide bonds. The Labute approximate surface area is 117 Å². The van der Waals surface area contributed by atoms with E-state index in [-0.39, 0.29) is 10.7 Å². The molecule has 6 heteroatoms. The van der Waals surface area contributed by atoms with Crippen molar-refractivity contribution >= 4 is 28.6 Å². The van der Waals surface area contributed by atoms with Crippen molar-refractivity contribution in [3.8, 4) is 0 Å². The first-order valence-corrected chi connectivity index (χ1v) is 6.60. The van der Waals surface area contributed by atoms with Gasteiger partial charge in [-0.2, -0.15) is 0 Å². The molecule has 1 aromatic heterocycles. The Morgan fingerprint density at radius 2 is 1.65 bits per heavy atom. The Bertz CT molecular complexity index is 792. The number of hydrogen-bond acceptors (Lipinski definition) is 4. The van der Waals surface area contributed by atoms with Gasteiger partial charge in [-0.05, 0) is 24.3 Å². The van der Waals surface area contributed by atoms with Gasteiger partial charge in [-0.1, -0.05) is 23.9 Å². The third kappa shape index (κ3) is 2.42. The number of rotatable bonds is 2. The van der Waals surface area contributed by atoms with Crippen molar-refractivity contribution in [2.75, 3.05) is 5.73 Å². The van der Waals surface area contributed by atoms with Crippen molar-refractivity contribution in [1.82, 2.24) is 9.97 Å². The minimum atomic E-state index is -0.649. The molecule has 3 nitrogen and oxygen atoms in total. The first-order valence-electron chi connectivity index (χ1n) is 5.78. The van der Waals surface area contributed by atoms with Gasteiger partial charge in [-0.25, -0.2) is 18.7 Å². The lowest BCUT2D eigenvalue weighted by atomic mass is 10.3. The smallest absolute Gasteiger partial charge is 0.157 e. The second-order valence-corrected chi connectivity index (χ2v) is 5.11. The normalized spacial score (nSPS) is 10.9. The lowest BCUT2D eigenvalue weighted by molar-refractivity contribution is 0.565. The molecule has 20 heavy (non-hydrogen) atoms. The second-order valence-electron chi connectivity index (χ2n) is 4.08. The van der Waals surface area contributed by atoms with E-state index in [0.29, 0.717) is 16.1 Å². The largest absolute Gasteiger partial charge is 0.381 e. The highest BCUT2D eigenvalue weighted by Crippen LogP contribution is 2.32. The fourth-order valence-corrected chi connectivity index (χ4v) is 2.53. The molecule has 0 aliphatic carbocycles. The molecule has 0 spiro atoms. The predicted molar refractivity (Wildman–Crippen MR) is 74.4 cm³/mol. The molecular formula is C14H9F2N3S. The second kappa shape index (κ2) is 5.05. The molecule has 3 rings (SSSR count). The molecule has 0 fully saturated rings. The molecule has 0 saturated carbocycles. The maximum absolute atomic E-state index is 13.6. The molecule has 2 aromatic carbocycles. The molecule has 1 heterocycles. The summed E-state index contributed by atoms with van der Waals surface area (Å²) in [6.45, 7) is 0. The highest BCUT2D eigenvalue weighted by atomic mass is 32.2. The van der Waals surface area contributed by atoms with E-state index >= 15 is 0 Å².